The lowest BCUT2D eigenvalue weighted by Gasteiger charge is -2.10. The third kappa shape index (κ3) is 3.03. The van der Waals surface area contributed by atoms with Crippen molar-refractivity contribution < 1.29 is 0 Å². The molecule has 2 rings (SSSR count). The van der Waals surface area contributed by atoms with E-state index in [-0.39, 0.29) is 0 Å². The SMILES string of the molecule is CCC(C)CSc1cc(CN)c2ccccc2n1. The molecule has 0 amide bonds. The van der Waals surface area contributed by atoms with Crippen molar-refractivity contribution in [3.8, 4) is 0 Å². The molecule has 0 bridgehead atoms. The monoisotopic (exact) mass is 260 g/mol. The van der Waals surface area contributed by atoms with Crippen molar-refractivity contribution in [1.29, 1.82) is 0 Å². The van der Waals surface area contributed by atoms with Crippen molar-refractivity contribution in [3.05, 3.63) is 35.9 Å². The first-order valence-electron chi connectivity index (χ1n) is 6.46. The lowest BCUT2D eigenvalue weighted by molar-refractivity contribution is 0.636. The van der Waals surface area contributed by atoms with E-state index in [0.717, 1.165) is 22.2 Å². The molecule has 96 valence electrons. The lowest BCUT2D eigenvalue weighted by Crippen LogP contribution is -2.00. The van der Waals surface area contributed by atoms with Crippen molar-refractivity contribution in [2.75, 3.05) is 5.75 Å². The van der Waals surface area contributed by atoms with Crippen LogP contribution in [0, 0.1) is 5.92 Å². The van der Waals surface area contributed by atoms with Gasteiger partial charge in [0.05, 0.1) is 10.5 Å². The van der Waals surface area contributed by atoms with E-state index in [4.69, 9.17) is 10.7 Å². The predicted octanol–water partition coefficient (Wildman–Crippen LogP) is 3.83. The Morgan fingerprint density at radius 1 is 1.33 bits per heavy atom. The smallest absolute Gasteiger partial charge is 0.0970 e. The van der Waals surface area contributed by atoms with E-state index in [2.05, 4.69) is 32.0 Å². The topological polar surface area (TPSA) is 38.9 Å². The minimum Gasteiger partial charge on any atom is -0.326 e. The molecule has 1 aromatic carbocycles. The predicted molar refractivity (Wildman–Crippen MR) is 79.8 cm³/mol. The third-order valence-electron chi connectivity index (χ3n) is 3.21. The second-order valence-electron chi connectivity index (χ2n) is 4.67. The van der Waals surface area contributed by atoms with Gasteiger partial charge in [-0.3, -0.25) is 0 Å². The minimum absolute atomic E-state index is 0.569. The number of rotatable bonds is 5. The maximum atomic E-state index is 5.83. The number of aromatic nitrogens is 1. The van der Waals surface area contributed by atoms with Gasteiger partial charge in [-0.2, -0.15) is 0 Å². The molecule has 2 nitrogen and oxygen atoms in total. The highest BCUT2D eigenvalue weighted by Gasteiger charge is 2.06. The second kappa shape index (κ2) is 6.21. The van der Waals surface area contributed by atoms with Gasteiger partial charge in [-0.1, -0.05) is 38.5 Å². The summed E-state index contributed by atoms with van der Waals surface area (Å²) in [6.07, 6.45) is 1.21. The zero-order valence-electron chi connectivity index (χ0n) is 11.0. The molecule has 0 radical (unpaired) electrons. The molecule has 0 aliphatic heterocycles. The molecule has 0 aliphatic rings. The van der Waals surface area contributed by atoms with Crippen LogP contribution in [0.15, 0.2) is 35.4 Å². The van der Waals surface area contributed by atoms with Crippen molar-refractivity contribution in [3.63, 3.8) is 0 Å². The minimum atomic E-state index is 0.569. The van der Waals surface area contributed by atoms with Gasteiger partial charge < -0.3 is 5.73 Å². The molecule has 0 saturated heterocycles. The number of benzene rings is 1. The van der Waals surface area contributed by atoms with Gasteiger partial charge in [-0.05, 0) is 23.6 Å². The van der Waals surface area contributed by atoms with E-state index >= 15 is 0 Å². The number of fused-ring (bicyclic) bond motifs is 1. The molecule has 1 atom stereocenters. The molecule has 2 N–H and O–H groups in total. The van der Waals surface area contributed by atoms with E-state index < -0.39 is 0 Å². The first-order valence-corrected chi connectivity index (χ1v) is 7.44. The average Bonchev–Trinajstić information content (AvgIpc) is 2.43. The van der Waals surface area contributed by atoms with Crippen LogP contribution in [-0.2, 0) is 6.54 Å². The molecule has 0 saturated carbocycles. The zero-order valence-corrected chi connectivity index (χ0v) is 11.8. The van der Waals surface area contributed by atoms with E-state index in [1.807, 2.05) is 23.9 Å². The van der Waals surface area contributed by atoms with E-state index in [0.29, 0.717) is 6.54 Å². The van der Waals surface area contributed by atoms with Crippen LogP contribution in [-0.4, -0.2) is 10.7 Å². The highest BCUT2D eigenvalue weighted by molar-refractivity contribution is 7.99. The molecular weight excluding hydrogens is 240 g/mol. The molecule has 0 fully saturated rings. The van der Waals surface area contributed by atoms with Crippen LogP contribution in [0.2, 0.25) is 0 Å². The molecule has 1 heterocycles. The Kier molecular flexibility index (Phi) is 4.61. The number of nitrogens with two attached hydrogens (primary N) is 1. The van der Waals surface area contributed by atoms with Crippen LogP contribution in [0.1, 0.15) is 25.8 Å². The Morgan fingerprint density at radius 2 is 2.11 bits per heavy atom. The Balaban J connectivity index is 2.29. The van der Waals surface area contributed by atoms with Gasteiger partial charge in [0.2, 0.25) is 0 Å². The Labute approximate surface area is 113 Å². The molecule has 0 spiro atoms. The maximum Gasteiger partial charge on any atom is 0.0970 e. The average molecular weight is 260 g/mol. The number of thioether (sulfide) groups is 1. The largest absolute Gasteiger partial charge is 0.326 e. The molecule has 0 aliphatic carbocycles. The Hall–Kier alpha value is -1.06. The summed E-state index contributed by atoms with van der Waals surface area (Å²) >= 11 is 1.83. The van der Waals surface area contributed by atoms with Crippen LogP contribution in [0.3, 0.4) is 0 Å². The van der Waals surface area contributed by atoms with Gasteiger partial charge in [-0.25, -0.2) is 4.98 Å². The number of pyridine rings is 1. The first kappa shape index (κ1) is 13.4. The summed E-state index contributed by atoms with van der Waals surface area (Å²) < 4.78 is 0. The quantitative estimate of drug-likeness (QED) is 0.830. The van der Waals surface area contributed by atoms with Crippen LogP contribution >= 0.6 is 11.8 Å². The highest BCUT2D eigenvalue weighted by atomic mass is 32.2. The molecular formula is C15H20N2S. The van der Waals surface area contributed by atoms with E-state index in [1.165, 1.54) is 17.4 Å². The summed E-state index contributed by atoms with van der Waals surface area (Å²) in [6, 6.07) is 10.3. The Morgan fingerprint density at radius 3 is 2.83 bits per heavy atom. The van der Waals surface area contributed by atoms with Gasteiger partial charge in [-0.15, -0.1) is 11.8 Å². The lowest BCUT2D eigenvalue weighted by atomic mass is 10.1. The van der Waals surface area contributed by atoms with Gasteiger partial charge in [0.1, 0.15) is 0 Å². The fourth-order valence-electron chi connectivity index (χ4n) is 1.81. The van der Waals surface area contributed by atoms with E-state index in [1.54, 1.807) is 0 Å². The first-order chi connectivity index (χ1) is 8.74. The van der Waals surface area contributed by atoms with Crippen LogP contribution in [0.5, 0.6) is 0 Å². The maximum absolute atomic E-state index is 5.83. The summed E-state index contributed by atoms with van der Waals surface area (Å²) in [7, 11) is 0. The summed E-state index contributed by atoms with van der Waals surface area (Å²) in [5.74, 6) is 1.84. The van der Waals surface area contributed by atoms with Crippen molar-refractivity contribution >= 4 is 22.7 Å². The molecule has 1 unspecified atom stereocenters. The Bertz CT molecular complexity index is 525. The van der Waals surface area contributed by atoms with Gasteiger partial charge in [0.15, 0.2) is 0 Å². The van der Waals surface area contributed by atoms with Crippen LogP contribution < -0.4 is 5.73 Å². The number of hydrogen-bond donors (Lipinski definition) is 1. The summed E-state index contributed by atoms with van der Waals surface area (Å²) in [5.41, 5.74) is 8.07. The summed E-state index contributed by atoms with van der Waals surface area (Å²) in [5, 5.41) is 2.27. The number of para-hydroxylation sites is 1. The fourth-order valence-corrected chi connectivity index (χ4v) is 2.89. The third-order valence-corrected chi connectivity index (χ3v) is 4.45. The molecule has 3 heteroatoms. The fraction of sp³-hybridized carbons (Fsp3) is 0.400. The molecule has 1 aromatic heterocycles. The molecule has 2 aromatic rings. The standard InChI is InChI=1S/C15H20N2S/c1-3-11(2)10-18-15-8-12(9-16)13-6-4-5-7-14(13)17-15/h4-8,11H,3,9-10,16H2,1-2H3. The van der Waals surface area contributed by atoms with Crippen molar-refractivity contribution in [2.24, 2.45) is 11.7 Å². The van der Waals surface area contributed by atoms with Crippen molar-refractivity contribution in [1.82, 2.24) is 4.98 Å². The molecule has 18 heavy (non-hydrogen) atoms. The second-order valence-corrected chi connectivity index (χ2v) is 5.71. The van der Waals surface area contributed by atoms with Crippen LogP contribution in [0.4, 0.5) is 0 Å². The van der Waals surface area contributed by atoms with Gasteiger partial charge in [0.25, 0.3) is 0 Å². The summed E-state index contributed by atoms with van der Waals surface area (Å²) in [6.45, 7) is 5.07. The number of hydrogen-bond acceptors (Lipinski definition) is 3. The normalized spacial score (nSPS) is 12.8. The van der Waals surface area contributed by atoms with Gasteiger partial charge >= 0.3 is 0 Å². The summed E-state index contributed by atoms with van der Waals surface area (Å²) in [4.78, 5) is 4.70. The number of nitrogens with zero attached hydrogens (tertiary/aromatic N) is 1. The van der Waals surface area contributed by atoms with Gasteiger partial charge in [0, 0.05) is 17.7 Å². The zero-order chi connectivity index (χ0) is 13.0. The van der Waals surface area contributed by atoms with E-state index in [9.17, 15) is 0 Å². The van der Waals surface area contributed by atoms with Crippen LogP contribution in [0.25, 0.3) is 10.9 Å². The highest BCUT2D eigenvalue weighted by Crippen LogP contribution is 2.25. The van der Waals surface area contributed by atoms with Crippen molar-refractivity contribution in [2.45, 2.75) is 31.8 Å².